The number of alkyl halides is 3. The topological polar surface area (TPSA) is 76.7 Å². The van der Waals surface area contributed by atoms with Crippen LogP contribution in [0, 0.1) is 0 Å². The van der Waals surface area contributed by atoms with Gasteiger partial charge in [-0.15, -0.1) is 0 Å². The normalized spacial score (nSPS) is 11.4. The Bertz CT molecular complexity index is 310. The Labute approximate surface area is 71.2 Å². The van der Waals surface area contributed by atoms with Crippen LogP contribution in [0.4, 0.5) is 25.1 Å². The number of hydrogen-bond donors (Lipinski definition) is 2. The van der Waals surface area contributed by atoms with Gasteiger partial charge in [-0.1, -0.05) is 0 Å². The molecule has 0 fully saturated rings. The molecule has 1 heterocycles. The Balaban J connectivity index is 3.16. The second-order valence-electron chi connectivity index (χ2n) is 2.09. The summed E-state index contributed by atoms with van der Waals surface area (Å²) in [6.07, 6.45) is -4.61. The zero-order valence-electron chi connectivity index (χ0n) is 6.55. The van der Waals surface area contributed by atoms with Crippen molar-refractivity contribution >= 4 is 11.9 Å². The smallest absolute Gasteiger partial charge is 0.368 e. The highest BCUT2D eigenvalue weighted by atomic mass is 19.4. The van der Waals surface area contributed by atoms with E-state index in [0.29, 0.717) is 0 Å². The summed E-state index contributed by atoms with van der Waals surface area (Å²) in [6, 6.07) is 0. The molecule has 0 amide bonds. The Hall–Kier alpha value is -1.60. The summed E-state index contributed by atoms with van der Waals surface area (Å²) in [5, 5.41) is 2.34. The maximum absolute atomic E-state index is 12.0. The van der Waals surface area contributed by atoms with Gasteiger partial charge in [0.25, 0.3) is 0 Å². The van der Waals surface area contributed by atoms with E-state index in [1.54, 1.807) is 0 Å². The fraction of sp³-hybridized carbons (Fsp3) is 0.400. The van der Waals surface area contributed by atoms with Crippen LogP contribution in [0.25, 0.3) is 0 Å². The third-order valence-corrected chi connectivity index (χ3v) is 1.13. The van der Waals surface area contributed by atoms with Crippen LogP contribution >= 0.6 is 0 Å². The molecule has 0 aliphatic rings. The van der Waals surface area contributed by atoms with Crippen LogP contribution in [0.1, 0.15) is 5.82 Å². The average molecular weight is 193 g/mol. The SMILES string of the molecule is CNc1nc(N)nc(C(F)(F)F)n1. The van der Waals surface area contributed by atoms with Crippen LogP contribution in [-0.4, -0.2) is 22.0 Å². The van der Waals surface area contributed by atoms with Crippen LogP contribution in [-0.2, 0) is 6.18 Å². The van der Waals surface area contributed by atoms with Crippen molar-refractivity contribution < 1.29 is 13.2 Å². The van der Waals surface area contributed by atoms with Crippen molar-refractivity contribution in [3.8, 4) is 0 Å². The number of nitrogens with zero attached hydrogens (tertiary/aromatic N) is 3. The van der Waals surface area contributed by atoms with Gasteiger partial charge >= 0.3 is 6.18 Å². The highest BCUT2D eigenvalue weighted by molar-refractivity contribution is 5.30. The summed E-state index contributed by atoms with van der Waals surface area (Å²) in [4.78, 5) is 9.44. The van der Waals surface area contributed by atoms with Gasteiger partial charge in [0.1, 0.15) is 0 Å². The minimum Gasteiger partial charge on any atom is -0.368 e. The van der Waals surface area contributed by atoms with E-state index in [1.165, 1.54) is 7.05 Å². The fourth-order valence-corrected chi connectivity index (χ4v) is 0.631. The Morgan fingerprint density at radius 1 is 1.23 bits per heavy atom. The first-order valence-electron chi connectivity index (χ1n) is 3.20. The van der Waals surface area contributed by atoms with Crippen LogP contribution in [0.5, 0.6) is 0 Å². The maximum Gasteiger partial charge on any atom is 0.451 e. The second-order valence-corrected chi connectivity index (χ2v) is 2.09. The lowest BCUT2D eigenvalue weighted by molar-refractivity contribution is -0.144. The predicted octanol–water partition coefficient (Wildman–Crippen LogP) is 0.514. The van der Waals surface area contributed by atoms with E-state index in [0.717, 1.165) is 0 Å². The van der Waals surface area contributed by atoms with E-state index in [9.17, 15) is 13.2 Å². The minimum atomic E-state index is -4.61. The quantitative estimate of drug-likeness (QED) is 0.679. The largest absolute Gasteiger partial charge is 0.451 e. The summed E-state index contributed by atoms with van der Waals surface area (Å²) < 4.78 is 36.1. The Morgan fingerprint density at radius 2 is 1.85 bits per heavy atom. The van der Waals surface area contributed by atoms with E-state index < -0.39 is 17.9 Å². The molecule has 8 heteroatoms. The second kappa shape index (κ2) is 3.04. The summed E-state index contributed by atoms with van der Waals surface area (Å²) >= 11 is 0. The molecule has 0 unspecified atom stereocenters. The number of rotatable bonds is 1. The number of aromatic nitrogens is 3. The van der Waals surface area contributed by atoms with Crippen molar-refractivity contribution in [3.63, 3.8) is 0 Å². The molecule has 0 aliphatic heterocycles. The highest BCUT2D eigenvalue weighted by Crippen LogP contribution is 2.26. The van der Waals surface area contributed by atoms with Gasteiger partial charge in [-0.05, 0) is 0 Å². The Morgan fingerprint density at radius 3 is 2.31 bits per heavy atom. The van der Waals surface area contributed by atoms with Crippen molar-refractivity contribution in [3.05, 3.63) is 5.82 Å². The Kier molecular flexibility index (Phi) is 2.22. The highest BCUT2D eigenvalue weighted by Gasteiger charge is 2.35. The minimum absolute atomic E-state index is 0.208. The molecule has 1 aromatic heterocycles. The van der Waals surface area contributed by atoms with Gasteiger partial charge in [0.15, 0.2) is 0 Å². The molecule has 3 N–H and O–H groups in total. The van der Waals surface area contributed by atoms with Crippen LogP contribution in [0.15, 0.2) is 0 Å². The van der Waals surface area contributed by atoms with E-state index in [1.807, 2.05) is 0 Å². The monoisotopic (exact) mass is 193 g/mol. The maximum atomic E-state index is 12.0. The number of anilines is 2. The standard InChI is InChI=1S/C5H6F3N5/c1-10-4-12-2(5(6,7)8)11-3(9)13-4/h1H3,(H3,9,10,11,12,13). The van der Waals surface area contributed by atoms with Crippen molar-refractivity contribution in [2.24, 2.45) is 0 Å². The molecule has 5 nitrogen and oxygen atoms in total. The van der Waals surface area contributed by atoms with E-state index in [4.69, 9.17) is 5.73 Å². The molecule has 0 saturated heterocycles. The number of halogens is 3. The van der Waals surface area contributed by atoms with Gasteiger partial charge in [0.05, 0.1) is 0 Å². The molecule has 0 radical (unpaired) electrons. The first-order chi connectivity index (χ1) is 5.93. The lowest BCUT2D eigenvalue weighted by Crippen LogP contribution is -2.15. The first kappa shape index (κ1) is 9.49. The van der Waals surface area contributed by atoms with Gasteiger partial charge < -0.3 is 11.1 Å². The molecule has 1 aromatic rings. The van der Waals surface area contributed by atoms with Gasteiger partial charge in [-0.3, -0.25) is 0 Å². The molecular formula is C5H6F3N5. The third kappa shape index (κ3) is 2.17. The molecule has 1 rings (SSSR count). The molecule has 0 aromatic carbocycles. The van der Waals surface area contributed by atoms with Crippen LogP contribution in [0.3, 0.4) is 0 Å². The summed E-state index contributed by atoms with van der Waals surface area (Å²) in [5.41, 5.74) is 5.03. The molecule has 72 valence electrons. The number of nitrogens with one attached hydrogen (secondary N) is 1. The van der Waals surface area contributed by atoms with Gasteiger partial charge in [-0.25, -0.2) is 0 Å². The lowest BCUT2D eigenvalue weighted by atomic mass is 10.6. The van der Waals surface area contributed by atoms with E-state index >= 15 is 0 Å². The molecule has 13 heavy (non-hydrogen) atoms. The number of hydrogen-bond acceptors (Lipinski definition) is 5. The van der Waals surface area contributed by atoms with Crippen LogP contribution < -0.4 is 11.1 Å². The third-order valence-electron chi connectivity index (χ3n) is 1.13. The van der Waals surface area contributed by atoms with E-state index in [-0.39, 0.29) is 5.95 Å². The van der Waals surface area contributed by atoms with Crippen molar-refractivity contribution in [2.45, 2.75) is 6.18 Å². The summed E-state index contributed by atoms with van der Waals surface area (Å²) in [5.74, 6) is -1.98. The number of nitrogen functional groups attached to an aromatic ring is 1. The van der Waals surface area contributed by atoms with Crippen molar-refractivity contribution in [1.82, 2.24) is 15.0 Å². The molecule has 0 saturated carbocycles. The molecule has 0 atom stereocenters. The van der Waals surface area contributed by atoms with Crippen molar-refractivity contribution in [1.29, 1.82) is 0 Å². The average Bonchev–Trinajstić information content (AvgIpc) is 2.01. The zero-order valence-corrected chi connectivity index (χ0v) is 6.55. The zero-order chi connectivity index (χ0) is 10.1. The first-order valence-corrected chi connectivity index (χ1v) is 3.20. The molecule has 0 spiro atoms. The van der Waals surface area contributed by atoms with Crippen molar-refractivity contribution in [2.75, 3.05) is 18.1 Å². The van der Waals surface area contributed by atoms with Gasteiger partial charge in [-0.2, -0.15) is 28.1 Å². The molecule has 0 aliphatic carbocycles. The molecule has 0 bridgehead atoms. The predicted molar refractivity (Wildman–Crippen MR) is 38.8 cm³/mol. The lowest BCUT2D eigenvalue weighted by Gasteiger charge is -2.06. The van der Waals surface area contributed by atoms with Gasteiger partial charge in [0, 0.05) is 7.05 Å². The summed E-state index contributed by atoms with van der Waals surface area (Å²) in [6.45, 7) is 0. The van der Waals surface area contributed by atoms with E-state index in [2.05, 4.69) is 20.3 Å². The van der Waals surface area contributed by atoms with Gasteiger partial charge in [0.2, 0.25) is 17.7 Å². The number of nitrogens with two attached hydrogens (primary N) is 1. The molecular weight excluding hydrogens is 187 g/mol. The summed E-state index contributed by atoms with van der Waals surface area (Å²) in [7, 11) is 1.38. The fourth-order valence-electron chi connectivity index (χ4n) is 0.631. The van der Waals surface area contributed by atoms with Crippen LogP contribution in [0.2, 0.25) is 0 Å².